The highest BCUT2D eigenvalue weighted by molar-refractivity contribution is 6.28. The van der Waals surface area contributed by atoms with Gasteiger partial charge in [-0.3, -0.25) is 43.5 Å². The van der Waals surface area contributed by atoms with Crippen LogP contribution in [0.5, 0.6) is 0 Å². The largest absolute Gasteiger partial charge is 0.464 e. The summed E-state index contributed by atoms with van der Waals surface area (Å²) >= 11 is 5.66. The fourth-order valence-electron chi connectivity index (χ4n) is 17.4. The number of rotatable bonds is 19. The van der Waals surface area contributed by atoms with Crippen molar-refractivity contribution < 1.29 is 91.2 Å². The average Bonchev–Trinajstić information content (AvgIpc) is 1.45. The van der Waals surface area contributed by atoms with Gasteiger partial charge in [0.2, 0.25) is 34.8 Å². The number of nitro groups is 2. The number of amides is 1. The van der Waals surface area contributed by atoms with Gasteiger partial charge in [0.15, 0.2) is 11.6 Å². The zero-order valence-electron chi connectivity index (χ0n) is 70.2. The number of alkyl halides is 12. The number of benzene rings is 4. The van der Waals surface area contributed by atoms with E-state index in [0.29, 0.717) is 77.8 Å². The molecule has 46 heteroatoms. The van der Waals surface area contributed by atoms with E-state index < -0.39 is 123 Å². The Balaban J connectivity index is 0.000000137. The summed E-state index contributed by atoms with van der Waals surface area (Å²) in [6.07, 6.45) is -4.50. The van der Waals surface area contributed by atoms with Crippen molar-refractivity contribution in [1.82, 2.24) is 78.5 Å². The monoisotopic (exact) mass is 1860 g/mol. The molecule has 4 fully saturated rings. The molecule has 0 bridgehead atoms. The molecule has 18 rings (SSSR count). The molecule has 1 amide bonds. The topological polar surface area (TPSA) is 374 Å². The second kappa shape index (κ2) is 38.3. The Morgan fingerprint density at radius 2 is 0.833 bits per heavy atom. The highest BCUT2D eigenvalue weighted by atomic mass is 35.5. The summed E-state index contributed by atoms with van der Waals surface area (Å²) < 4.78 is 175. The molecular formula is C86H80ClF12N23O10. The average molecular weight is 1860 g/mol. The van der Waals surface area contributed by atoms with Crippen LogP contribution in [0.3, 0.4) is 0 Å². The van der Waals surface area contributed by atoms with E-state index in [4.69, 9.17) is 21.1 Å². The summed E-state index contributed by atoms with van der Waals surface area (Å²) in [4.78, 5) is 133. The number of fused-ring (bicyclic) bond motifs is 6. The smallest absolute Gasteiger partial charge is 0.391 e. The Hall–Kier alpha value is -14.4. The Bertz CT molecular complexity index is 6140. The summed E-state index contributed by atoms with van der Waals surface area (Å²) in [6.45, 7) is 3.27. The normalized spacial score (nSPS) is 19.1. The number of hydrogen-bond acceptors (Lipinski definition) is 26. The molecule has 0 radical (unpaired) electrons. The standard InChI is InChI=1S/C22H21F3N6O4.C21H19F3N6O.C21H18F3N5O.C13H14ClF3N4O4.C9H8N2/c1-2-35-19(32)21(14-22(23,24)25)9-6-11-30(21)18-16(31(33)34)13-27-20(28-18)29-12-10-26-17(29)15-7-4-3-5-8-15;1-28-15-12-26-19(29-11-9-25-16(29)14-6-3-2-4-7-14)27-17(15)30-10-5-8-20(30,18(28)31)13-21(22,23)24;22-21(23,24)13-20-7-4-9-29(20)18-15(11-16(20)30)12-26-19(27-18)28-10-8-25-17(28)14-5-2-1-3-6-14;1-2-25-10(22)12(7-13(15,16)17)4-3-5-20(12)9-8(21(23)24)6-18-11(14)19-9;1-2-4-8(5-3-1)9-10-6-7-11-9/h3-5,7-8,10,12-13H,2,6,9,11,14H2,1H3;2-4,6-7,9,11-12H,5,8,10,13H2,1H3;1-3,5-6,8,10,12H,4,7,9,11,13H2;6H,2-5,7H2,1H3;1-7H,(H,10,11). The van der Waals surface area contributed by atoms with Gasteiger partial charge in [0.1, 0.15) is 69.4 Å². The van der Waals surface area contributed by atoms with E-state index in [1.54, 1.807) is 75.5 Å². The predicted octanol–water partition coefficient (Wildman–Crippen LogP) is 16.4. The number of ether oxygens (including phenoxy) is 2. The summed E-state index contributed by atoms with van der Waals surface area (Å²) in [5, 5.41) is 22.6. The van der Waals surface area contributed by atoms with E-state index in [-0.39, 0.29) is 94.2 Å². The van der Waals surface area contributed by atoms with E-state index in [2.05, 4.69) is 64.8 Å². The number of ketones is 1. The van der Waals surface area contributed by atoms with E-state index in [1.165, 1.54) is 53.9 Å². The van der Waals surface area contributed by atoms with Crippen molar-refractivity contribution in [3.63, 3.8) is 0 Å². The number of imidazole rings is 4. The predicted molar refractivity (Wildman–Crippen MR) is 453 cm³/mol. The van der Waals surface area contributed by atoms with Gasteiger partial charge in [-0.2, -0.15) is 72.6 Å². The van der Waals surface area contributed by atoms with Gasteiger partial charge in [0.25, 0.3) is 5.91 Å². The lowest BCUT2D eigenvalue weighted by molar-refractivity contribution is -0.384. The van der Waals surface area contributed by atoms with Crippen molar-refractivity contribution in [1.29, 1.82) is 0 Å². The van der Waals surface area contributed by atoms with Crippen molar-refractivity contribution in [2.45, 2.75) is 144 Å². The number of carbonyl (C=O) groups is 4. The molecule has 4 saturated heterocycles. The number of aromatic amines is 1. The molecule has 1 N–H and O–H groups in total. The summed E-state index contributed by atoms with van der Waals surface area (Å²) in [7, 11) is 1.48. The lowest BCUT2D eigenvalue weighted by Crippen LogP contribution is -2.61. The van der Waals surface area contributed by atoms with Gasteiger partial charge >= 0.3 is 48.0 Å². The van der Waals surface area contributed by atoms with Crippen LogP contribution in [0.15, 0.2) is 196 Å². The number of aromatic nitrogens is 16. The van der Waals surface area contributed by atoms with Crippen molar-refractivity contribution in [2.24, 2.45) is 0 Å². The molecule has 14 heterocycles. The molecule has 4 atom stereocenters. The zero-order chi connectivity index (χ0) is 94.3. The maximum absolute atomic E-state index is 13.6. The first-order valence-corrected chi connectivity index (χ1v) is 41.6. The van der Waals surface area contributed by atoms with Crippen LogP contribution < -0.4 is 24.5 Å². The zero-order valence-corrected chi connectivity index (χ0v) is 71.0. The van der Waals surface area contributed by atoms with Gasteiger partial charge in [-0.1, -0.05) is 121 Å². The van der Waals surface area contributed by atoms with Gasteiger partial charge in [0.05, 0.1) is 54.9 Å². The Morgan fingerprint density at radius 3 is 1.27 bits per heavy atom. The van der Waals surface area contributed by atoms with Gasteiger partial charge in [-0.05, 0) is 76.8 Å². The lowest BCUT2D eigenvalue weighted by Gasteiger charge is -2.45. The highest BCUT2D eigenvalue weighted by Gasteiger charge is 2.62. The van der Waals surface area contributed by atoms with E-state index in [1.807, 2.05) is 103 Å². The maximum Gasteiger partial charge on any atom is 0.391 e. The summed E-state index contributed by atoms with van der Waals surface area (Å²) in [6, 6.07) is 38.0. The van der Waals surface area contributed by atoms with Crippen LogP contribution in [-0.2, 0) is 35.1 Å². The molecule has 6 aliphatic heterocycles. The van der Waals surface area contributed by atoms with Crippen LogP contribution in [0.25, 0.3) is 63.4 Å². The molecule has 690 valence electrons. The molecule has 0 saturated carbocycles. The molecule has 4 unspecified atom stereocenters. The number of hydrogen-bond donors (Lipinski definition) is 1. The summed E-state index contributed by atoms with van der Waals surface area (Å²) in [5.74, 6) is -0.105. The van der Waals surface area contributed by atoms with Gasteiger partial charge < -0.3 is 39.0 Å². The van der Waals surface area contributed by atoms with Crippen LogP contribution >= 0.6 is 11.6 Å². The van der Waals surface area contributed by atoms with Crippen LogP contribution in [0.2, 0.25) is 5.28 Å². The molecule has 6 aliphatic rings. The van der Waals surface area contributed by atoms with E-state index >= 15 is 0 Å². The SMILES string of the molecule is CCOC(=O)C1(CC(F)(F)F)CCCN1c1nc(-n2ccnc2-c2ccccc2)ncc1[N+](=O)[O-].CCOC(=O)C1(CC(F)(F)F)CCCN1c1nc(Cl)ncc1[N+](=O)[O-].CN1C(=O)C2(CC(F)(F)F)CCCN2c2nc(-n3ccnc3-c3ccccc3)ncc21.O=C1Cc2cnc(-n3ccnc3-c3ccccc3)nc2N2CCCC12CC(F)(F)F.c1ccc(-c2ncc[nH]2)cc1. The molecule has 12 aromatic rings. The minimum Gasteiger partial charge on any atom is -0.464 e. The number of H-pyrrole nitrogens is 1. The number of anilines is 5. The first-order chi connectivity index (χ1) is 62.9. The second-order valence-electron chi connectivity index (χ2n) is 31.1. The van der Waals surface area contributed by atoms with Gasteiger partial charge in [-0.15, -0.1) is 0 Å². The maximum atomic E-state index is 13.6. The molecule has 0 spiro atoms. The minimum absolute atomic E-state index is 0.0386. The van der Waals surface area contributed by atoms with Gasteiger partial charge in [-0.25, -0.2) is 49.5 Å². The Kier molecular flexibility index (Phi) is 27.2. The second-order valence-corrected chi connectivity index (χ2v) is 31.5. The number of halogens is 13. The molecule has 132 heavy (non-hydrogen) atoms. The number of likely N-dealkylation sites (N-methyl/N-ethyl adjacent to an activating group) is 1. The fraction of sp³-hybridized carbons (Fsp3) is 0.349. The van der Waals surface area contributed by atoms with Crippen molar-refractivity contribution >= 4 is 75.6 Å². The third kappa shape index (κ3) is 19.8. The third-order valence-electron chi connectivity index (χ3n) is 22.8. The van der Waals surface area contributed by atoms with Crippen LogP contribution in [-0.4, -0.2) is 205 Å². The first-order valence-electron chi connectivity index (χ1n) is 41.2. The van der Waals surface area contributed by atoms with Crippen LogP contribution in [0, 0.1) is 20.2 Å². The quantitative estimate of drug-likeness (QED) is 0.0258. The highest BCUT2D eigenvalue weighted by Crippen LogP contribution is 2.52. The molecule has 33 nitrogen and oxygen atoms in total. The Morgan fingerprint density at radius 1 is 0.455 bits per heavy atom. The number of nitrogens with zero attached hydrogens (tertiary/aromatic N) is 22. The third-order valence-corrected chi connectivity index (χ3v) is 23.0. The number of Topliss-reactive ketones (excluding diaryl/α,β-unsaturated/α-hetero) is 1. The number of nitrogens with one attached hydrogen (secondary N) is 1. The van der Waals surface area contributed by atoms with Crippen molar-refractivity contribution in [3.05, 3.63) is 227 Å². The van der Waals surface area contributed by atoms with E-state index in [0.717, 1.165) is 44.7 Å². The Labute approximate surface area is 747 Å². The van der Waals surface area contributed by atoms with Crippen molar-refractivity contribution in [2.75, 3.05) is 70.9 Å². The van der Waals surface area contributed by atoms with Crippen LogP contribution in [0.1, 0.15) is 96.5 Å². The molecule has 8 aromatic heterocycles. The fourth-order valence-corrected chi connectivity index (χ4v) is 17.5. The summed E-state index contributed by atoms with van der Waals surface area (Å²) in [5.41, 5.74) is -4.28. The van der Waals surface area contributed by atoms with Crippen LogP contribution in [0.4, 0.5) is 93.0 Å². The van der Waals surface area contributed by atoms with E-state index in [9.17, 15) is 92.1 Å². The first kappa shape index (κ1) is 93.7. The minimum atomic E-state index is -4.73. The lowest BCUT2D eigenvalue weighted by atomic mass is 9.81. The van der Waals surface area contributed by atoms with Crippen molar-refractivity contribution in [3.8, 4) is 63.4 Å². The molecule has 4 aromatic carbocycles. The number of carbonyl (C=O) groups excluding carboxylic acids is 4. The molecular weight excluding hydrogens is 1780 g/mol. The number of esters is 2. The molecule has 0 aliphatic carbocycles. The van der Waals surface area contributed by atoms with Gasteiger partial charge in [0, 0.05) is 123 Å².